The maximum atomic E-state index is 12.0. The number of anilines is 2. The van der Waals surface area contributed by atoms with Gasteiger partial charge in [-0.2, -0.15) is 0 Å². The van der Waals surface area contributed by atoms with Crippen LogP contribution in [0, 0.1) is 0 Å². The molecule has 0 heterocycles. The smallest absolute Gasteiger partial charge is 0.253 e. The summed E-state index contributed by atoms with van der Waals surface area (Å²) in [6.07, 6.45) is 0.0864. The summed E-state index contributed by atoms with van der Waals surface area (Å²) in [7, 11) is 0. The van der Waals surface area contributed by atoms with E-state index in [1.807, 2.05) is 23.6 Å². The molecule has 126 valence electrons. The van der Waals surface area contributed by atoms with Gasteiger partial charge in [-0.1, -0.05) is 47.5 Å². The molecule has 0 spiro atoms. The van der Waals surface area contributed by atoms with Gasteiger partial charge in [0.1, 0.15) is 0 Å². The van der Waals surface area contributed by atoms with Crippen molar-refractivity contribution < 1.29 is 9.59 Å². The van der Waals surface area contributed by atoms with Crippen LogP contribution in [0.4, 0.5) is 11.4 Å². The number of nitrogens with one attached hydrogen (secondary N) is 3. The Kier molecular flexibility index (Phi) is 6.43. The number of hydrogen-bond acceptors (Lipinski definition) is 4. The number of hydrazine groups is 1. The summed E-state index contributed by atoms with van der Waals surface area (Å²) in [5, 5.41) is 6.58. The topological polar surface area (TPSA) is 96.2 Å². The lowest BCUT2D eigenvalue weighted by Gasteiger charge is -2.14. The highest BCUT2D eigenvalue weighted by Crippen LogP contribution is 2.33. The second-order valence-corrected chi connectivity index (χ2v) is 5.71. The van der Waals surface area contributed by atoms with Crippen molar-refractivity contribution in [3.63, 3.8) is 0 Å². The lowest BCUT2D eigenvalue weighted by atomic mass is 10.1. The fraction of sp³-hybridized carbons (Fsp3) is 0.125. The Morgan fingerprint density at radius 1 is 0.958 bits per heavy atom. The van der Waals surface area contributed by atoms with Gasteiger partial charge in [-0.15, -0.1) is 0 Å². The summed E-state index contributed by atoms with van der Waals surface area (Å²) >= 11 is 12.3. The summed E-state index contributed by atoms with van der Waals surface area (Å²) in [6, 6.07) is 12.4. The number of para-hydroxylation sites is 2. The number of amides is 2. The fourth-order valence-electron chi connectivity index (χ4n) is 2.01. The van der Waals surface area contributed by atoms with Gasteiger partial charge in [0.2, 0.25) is 5.91 Å². The minimum atomic E-state index is -0.474. The fourth-order valence-corrected chi connectivity index (χ4v) is 2.51. The third-order valence-electron chi connectivity index (χ3n) is 3.20. The van der Waals surface area contributed by atoms with Crippen LogP contribution in [-0.4, -0.2) is 18.4 Å². The maximum Gasteiger partial charge on any atom is 0.253 e. The average Bonchev–Trinajstić information content (AvgIpc) is 2.57. The SMILES string of the molecule is NNC(=O)CNC(=O)Cc1ccccc1Nc1c(Cl)cccc1Cl. The van der Waals surface area contributed by atoms with E-state index in [4.69, 9.17) is 29.0 Å². The highest BCUT2D eigenvalue weighted by atomic mass is 35.5. The molecule has 8 heteroatoms. The molecular weight excluding hydrogens is 351 g/mol. The molecule has 0 aliphatic heterocycles. The number of nitrogens with two attached hydrogens (primary N) is 1. The molecule has 0 aliphatic rings. The highest BCUT2D eigenvalue weighted by molar-refractivity contribution is 6.39. The summed E-state index contributed by atoms with van der Waals surface area (Å²) in [4.78, 5) is 23.0. The Labute approximate surface area is 149 Å². The van der Waals surface area contributed by atoms with Crippen LogP contribution in [-0.2, 0) is 16.0 Å². The zero-order chi connectivity index (χ0) is 17.5. The first-order valence-corrected chi connectivity index (χ1v) is 7.82. The van der Waals surface area contributed by atoms with E-state index < -0.39 is 5.91 Å². The number of rotatable bonds is 6. The van der Waals surface area contributed by atoms with E-state index in [9.17, 15) is 9.59 Å². The molecule has 2 aromatic carbocycles. The number of benzene rings is 2. The monoisotopic (exact) mass is 366 g/mol. The normalized spacial score (nSPS) is 10.1. The van der Waals surface area contributed by atoms with Crippen LogP contribution < -0.4 is 21.9 Å². The molecule has 0 radical (unpaired) electrons. The van der Waals surface area contributed by atoms with Crippen molar-refractivity contribution in [3.8, 4) is 0 Å². The second-order valence-electron chi connectivity index (χ2n) is 4.90. The van der Waals surface area contributed by atoms with Gasteiger partial charge in [-0.05, 0) is 23.8 Å². The molecule has 0 fully saturated rings. The Morgan fingerprint density at radius 3 is 2.29 bits per heavy atom. The summed E-state index contributed by atoms with van der Waals surface area (Å²) in [6.45, 7) is -0.179. The average molecular weight is 367 g/mol. The number of halogens is 2. The van der Waals surface area contributed by atoms with Crippen LogP contribution >= 0.6 is 23.2 Å². The molecule has 0 aromatic heterocycles. The first-order chi connectivity index (χ1) is 11.5. The Morgan fingerprint density at radius 2 is 1.62 bits per heavy atom. The second kappa shape index (κ2) is 8.54. The maximum absolute atomic E-state index is 12.0. The van der Waals surface area contributed by atoms with Crippen LogP contribution in [0.3, 0.4) is 0 Å². The molecule has 0 saturated carbocycles. The van der Waals surface area contributed by atoms with Gasteiger partial charge in [0.15, 0.2) is 0 Å². The summed E-state index contributed by atoms with van der Waals surface area (Å²) in [5.74, 6) is 4.18. The highest BCUT2D eigenvalue weighted by Gasteiger charge is 2.11. The molecular formula is C16H16Cl2N4O2. The standard InChI is InChI=1S/C16H16Cl2N4O2/c17-11-5-3-6-12(18)16(11)21-13-7-2-1-4-10(13)8-14(23)20-9-15(24)22-19/h1-7,21H,8-9,19H2,(H,20,23)(H,22,24). The lowest BCUT2D eigenvalue weighted by molar-refractivity contribution is -0.125. The molecule has 2 aromatic rings. The van der Waals surface area contributed by atoms with Gasteiger partial charge in [0, 0.05) is 5.69 Å². The van der Waals surface area contributed by atoms with Crippen molar-refractivity contribution in [1.82, 2.24) is 10.7 Å². The summed E-state index contributed by atoms with van der Waals surface area (Å²) < 4.78 is 0. The van der Waals surface area contributed by atoms with Crippen LogP contribution in [0.15, 0.2) is 42.5 Å². The molecule has 24 heavy (non-hydrogen) atoms. The minimum Gasteiger partial charge on any atom is -0.353 e. The number of carbonyl (C=O) groups is 2. The Hall–Kier alpha value is -2.28. The zero-order valence-electron chi connectivity index (χ0n) is 12.6. The van der Waals surface area contributed by atoms with Gasteiger partial charge in [0.05, 0.1) is 28.7 Å². The van der Waals surface area contributed by atoms with Gasteiger partial charge >= 0.3 is 0 Å². The molecule has 0 unspecified atom stereocenters. The molecule has 5 N–H and O–H groups in total. The van der Waals surface area contributed by atoms with Crippen LogP contribution in [0.2, 0.25) is 10.0 Å². The van der Waals surface area contributed by atoms with E-state index in [1.165, 1.54) is 0 Å². The van der Waals surface area contributed by atoms with E-state index >= 15 is 0 Å². The van der Waals surface area contributed by atoms with Gasteiger partial charge in [-0.3, -0.25) is 15.0 Å². The predicted molar refractivity (Wildman–Crippen MR) is 95.2 cm³/mol. The third kappa shape index (κ3) is 4.86. The third-order valence-corrected chi connectivity index (χ3v) is 3.83. The molecule has 2 amide bonds. The minimum absolute atomic E-state index is 0.0864. The first-order valence-electron chi connectivity index (χ1n) is 7.06. The Balaban J connectivity index is 2.13. The van der Waals surface area contributed by atoms with E-state index in [0.29, 0.717) is 21.4 Å². The van der Waals surface area contributed by atoms with Crippen LogP contribution in [0.1, 0.15) is 5.56 Å². The van der Waals surface area contributed by atoms with E-state index in [1.54, 1.807) is 24.3 Å². The van der Waals surface area contributed by atoms with Gasteiger partial charge < -0.3 is 10.6 Å². The van der Waals surface area contributed by atoms with Crippen molar-refractivity contribution in [3.05, 3.63) is 58.1 Å². The summed E-state index contributed by atoms with van der Waals surface area (Å²) in [5.41, 5.74) is 3.95. The van der Waals surface area contributed by atoms with Crippen LogP contribution in [0.25, 0.3) is 0 Å². The van der Waals surface area contributed by atoms with E-state index in [-0.39, 0.29) is 18.9 Å². The van der Waals surface area contributed by atoms with Crippen molar-refractivity contribution >= 4 is 46.4 Å². The van der Waals surface area contributed by atoms with Gasteiger partial charge in [0.25, 0.3) is 5.91 Å². The number of hydrogen-bond donors (Lipinski definition) is 4. The van der Waals surface area contributed by atoms with Crippen molar-refractivity contribution in [1.29, 1.82) is 0 Å². The molecule has 0 bridgehead atoms. The Bertz CT molecular complexity index is 732. The van der Waals surface area contributed by atoms with Crippen LogP contribution in [0.5, 0.6) is 0 Å². The molecule has 2 rings (SSSR count). The molecule has 0 aliphatic carbocycles. The van der Waals surface area contributed by atoms with Crippen molar-refractivity contribution in [2.24, 2.45) is 5.84 Å². The molecule has 0 atom stereocenters. The van der Waals surface area contributed by atoms with Crippen molar-refractivity contribution in [2.75, 3.05) is 11.9 Å². The first kappa shape index (κ1) is 18.1. The zero-order valence-corrected chi connectivity index (χ0v) is 14.1. The largest absolute Gasteiger partial charge is 0.353 e. The molecule has 6 nitrogen and oxygen atoms in total. The quantitative estimate of drug-likeness (QED) is 0.358. The predicted octanol–water partition coefficient (Wildman–Crippen LogP) is 2.39. The molecule has 0 saturated heterocycles. The van der Waals surface area contributed by atoms with E-state index in [2.05, 4.69) is 10.6 Å². The van der Waals surface area contributed by atoms with Gasteiger partial charge in [-0.25, -0.2) is 5.84 Å². The van der Waals surface area contributed by atoms with Crippen molar-refractivity contribution in [2.45, 2.75) is 6.42 Å². The lowest BCUT2D eigenvalue weighted by Crippen LogP contribution is -2.40. The van der Waals surface area contributed by atoms with E-state index in [0.717, 1.165) is 5.56 Å². The number of carbonyl (C=O) groups excluding carboxylic acids is 2.